The minimum Gasteiger partial charge on any atom is -0.489 e. The number of anilines is 2. The lowest BCUT2D eigenvalue weighted by Gasteiger charge is -2.35. The van der Waals surface area contributed by atoms with E-state index in [4.69, 9.17) is 20.9 Å². The number of nitrogens with two attached hydrogens (primary N) is 2. The first-order chi connectivity index (χ1) is 13.0. The summed E-state index contributed by atoms with van der Waals surface area (Å²) in [6, 6.07) is 12.4. The third kappa shape index (κ3) is 4.59. The fourth-order valence-corrected chi connectivity index (χ4v) is 3.19. The molecule has 0 bridgehead atoms. The van der Waals surface area contributed by atoms with Crippen molar-refractivity contribution in [2.45, 2.75) is 26.0 Å². The molecule has 2 aromatic carbocycles. The van der Waals surface area contributed by atoms with Crippen LogP contribution in [0.4, 0.5) is 11.4 Å². The first-order valence-electron chi connectivity index (χ1n) is 9.24. The fraction of sp³-hybridized carbons (Fsp3) is 0.381. The van der Waals surface area contributed by atoms with Crippen LogP contribution in [0, 0.1) is 0 Å². The third-order valence-corrected chi connectivity index (χ3v) is 5.07. The van der Waals surface area contributed by atoms with Gasteiger partial charge in [0.25, 0.3) is 0 Å². The minimum absolute atomic E-state index is 0.0133. The molecule has 0 spiro atoms. The summed E-state index contributed by atoms with van der Waals surface area (Å²) in [5, 5.41) is 0. The van der Waals surface area contributed by atoms with Crippen molar-refractivity contribution in [1.82, 2.24) is 4.90 Å². The molecule has 1 heterocycles. The highest BCUT2D eigenvalue weighted by Gasteiger charge is 2.23. The Balaban J connectivity index is 1.71. The van der Waals surface area contributed by atoms with Gasteiger partial charge in [0.05, 0.1) is 24.6 Å². The van der Waals surface area contributed by atoms with E-state index in [-0.39, 0.29) is 17.9 Å². The fourth-order valence-electron chi connectivity index (χ4n) is 3.19. The van der Waals surface area contributed by atoms with E-state index < -0.39 is 0 Å². The minimum atomic E-state index is -0.110. The number of hydrogen-bond acceptors (Lipinski definition) is 6. The first-order valence-corrected chi connectivity index (χ1v) is 9.24. The maximum atomic E-state index is 12.8. The monoisotopic (exact) mass is 369 g/mol. The van der Waals surface area contributed by atoms with Crippen LogP contribution in [0.15, 0.2) is 42.5 Å². The topological polar surface area (TPSA) is 90.8 Å². The standard InChI is InChI=1S/C21H27N3O3/c1-14(24-8-10-26-11-9-24)15(2)27-18-5-3-4-16(12-18)21(25)17-6-7-19(22)20(23)13-17/h3-7,12-15H,8-11,22-23H2,1-2H3. The van der Waals surface area contributed by atoms with Crippen molar-refractivity contribution in [1.29, 1.82) is 0 Å². The molecule has 6 nitrogen and oxygen atoms in total. The Kier molecular flexibility index (Phi) is 5.98. The Morgan fingerprint density at radius 1 is 1.04 bits per heavy atom. The molecule has 0 aliphatic carbocycles. The highest BCUT2D eigenvalue weighted by Crippen LogP contribution is 2.22. The van der Waals surface area contributed by atoms with Gasteiger partial charge in [-0.15, -0.1) is 0 Å². The van der Waals surface area contributed by atoms with Crippen molar-refractivity contribution >= 4 is 17.2 Å². The van der Waals surface area contributed by atoms with Crippen LogP contribution in [0.2, 0.25) is 0 Å². The van der Waals surface area contributed by atoms with Crippen LogP contribution in [0.5, 0.6) is 5.75 Å². The molecule has 3 rings (SSSR count). The predicted octanol–water partition coefficient (Wildman–Crippen LogP) is 2.57. The molecule has 1 aliphatic rings. The van der Waals surface area contributed by atoms with E-state index in [2.05, 4.69) is 18.7 Å². The molecule has 27 heavy (non-hydrogen) atoms. The number of nitrogens with zero attached hydrogens (tertiary/aromatic N) is 1. The quantitative estimate of drug-likeness (QED) is 0.601. The zero-order valence-electron chi connectivity index (χ0n) is 15.9. The van der Waals surface area contributed by atoms with E-state index in [1.807, 2.05) is 12.1 Å². The number of benzene rings is 2. The van der Waals surface area contributed by atoms with Crippen molar-refractivity contribution in [3.05, 3.63) is 53.6 Å². The van der Waals surface area contributed by atoms with Crippen LogP contribution in [0.25, 0.3) is 0 Å². The van der Waals surface area contributed by atoms with E-state index in [1.165, 1.54) is 0 Å². The zero-order chi connectivity index (χ0) is 19.4. The molecule has 2 unspecified atom stereocenters. The Labute approximate surface area is 160 Å². The van der Waals surface area contributed by atoms with E-state index in [0.717, 1.165) is 26.3 Å². The van der Waals surface area contributed by atoms with Gasteiger partial charge >= 0.3 is 0 Å². The second-order valence-electron chi connectivity index (χ2n) is 6.91. The number of carbonyl (C=O) groups is 1. The Hall–Kier alpha value is -2.57. The number of nitrogen functional groups attached to an aromatic ring is 2. The van der Waals surface area contributed by atoms with Gasteiger partial charge in [0.2, 0.25) is 0 Å². The molecular weight excluding hydrogens is 342 g/mol. The molecule has 144 valence electrons. The van der Waals surface area contributed by atoms with Gasteiger partial charge in [-0.25, -0.2) is 0 Å². The molecule has 0 aromatic heterocycles. The second-order valence-corrected chi connectivity index (χ2v) is 6.91. The van der Waals surface area contributed by atoms with Gasteiger partial charge in [0.1, 0.15) is 11.9 Å². The summed E-state index contributed by atoms with van der Waals surface area (Å²) >= 11 is 0. The van der Waals surface area contributed by atoms with Crippen LogP contribution in [-0.2, 0) is 4.74 Å². The van der Waals surface area contributed by atoms with Crippen LogP contribution in [0.3, 0.4) is 0 Å². The summed E-state index contributed by atoms with van der Waals surface area (Å²) < 4.78 is 11.5. The van der Waals surface area contributed by atoms with E-state index >= 15 is 0 Å². The van der Waals surface area contributed by atoms with Crippen LogP contribution in [0.1, 0.15) is 29.8 Å². The predicted molar refractivity (Wildman–Crippen MR) is 107 cm³/mol. The van der Waals surface area contributed by atoms with Gasteiger partial charge in [-0.3, -0.25) is 9.69 Å². The van der Waals surface area contributed by atoms with Gasteiger partial charge < -0.3 is 20.9 Å². The second kappa shape index (κ2) is 8.41. The molecule has 0 radical (unpaired) electrons. The number of hydrogen-bond donors (Lipinski definition) is 2. The van der Waals surface area contributed by atoms with Crippen LogP contribution in [-0.4, -0.2) is 49.1 Å². The number of ketones is 1. The van der Waals surface area contributed by atoms with Crippen molar-refractivity contribution in [2.24, 2.45) is 0 Å². The molecule has 1 aliphatic heterocycles. The lowest BCUT2D eigenvalue weighted by molar-refractivity contribution is -0.00564. The van der Waals surface area contributed by atoms with Gasteiger partial charge in [-0.1, -0.05) is 12.1 Å². The molecule has 1 saturated heterocycles. The largest absolute Gasteiger partial charge is 0.489 e. The maximum Gasteiger partial charge on any atom is 0.193 e. The molecule has 0 amide bonds. The SMILES string of the molecule is CC(Oc1cccc(C(=O)c2ccc(N)c(N)c2)c1)C(C)N1CCOCC1. The van der Waals surface area contributed by atoms with Crippen molar-refractivity contribution in [3.63, 3.8) is 0 Å². The summed E-state index contributed by atoms with van der Waals surface area (Å²) in [5.74, 6) is 0.568. The molecule has 1 fully saturated rings. The molecular formula is C21H27N3O3. The lowest BCUT2D eigenvalue weighted by atomic mass is 10.0. The smallest absolute Gasteiger partial charge is 0.193 e. The molecule has 6 heteroatoms. The van der Waals surface area contributed by atoms with E-state index in [1.54, 1.807) is 30.3 Å². The Bertz CT molecular complexity index is 803. The first kappa shape index (κ1) is 19.2. The highest BCUT2D eigenvalue weighted by atomic mass is 16.5. The molecule has 2 atom stereocenters. The number of rotatable bonds is 6. The van der Waals surface area contributed by atoms with Crippen molar-refractivity contribution in [2.75, 3.05) is 37.8 Å². The average molecular weight is 369 g/mol. The van der Waals surface area contributed by atoms with Gasteiger partial charge in [0.15, 0.2) is 5.78 Å². The van der Waals surface area contributed by atoms with Crippen LogP contribution >= 0.6 is 0 Å². The Morgan fingerprint density at radius 2 is 1.74 bits per heavy atom. The maximum absolute atomic E-state index is 12.8. The van der Waals surface area contributed by atoms with Crippen molar-refractivity contribution in [3.8, 4) is 5.75 Å². The summed E-state index contributed by atoms with van der Waals surface area (Å²) in [4.78, 5) is 15.1. The molecule has 0 saturated carbocycles. The summed E-state index contributed by atoms with van der Waals surface area (Å²) in [5.41, 5.74) is 13.5. The summed E-state index contributed by atoms with van der Waals surface area (Å²) in [6.07, 6.45) is -0.0133. The molecule has 4 N–H and O–H groups in total. The van der Waals surface area contributed by atoms with Gasteiger partial charge in [-0.05, 0) is 44.2 Å². The average Bonchev–Trinajstić information content (AvgIpc) is 2.69. The van der Waals surface area contributed by atoms with Crippen LogP contribution < -0.4 is 16.2 Å². The lowest BCUT2D eigenvalue weighted by Crippen LogP contribution is -2.48. The van der Waals surface area contributed by atoms with Crippen molar-refractivity contribution < 1.29 is 14.3 Å². The zero-order valence-corrected chi connectivity index (χ0v) is 15.9. The van der Waals surface area contributed by atoms with E-state index in [0.29, 0.717) is 28.3 Å². The number of morpholine rings is 1. The Morgan fingerprint density at radius 3 is 2.44 bits per heavy atom. The summed E-state index contributed by atoms with van der Waals surface area (Å²) in [6.45, 7) is 7.53. The summed E-state index contributed by atoms with van der Waals surface area (Å²) in [7, 11) is 0. The molecule has 2 aromatic rings. The van der Waals surface area contributed by atoms with Gasteiger partial charge in [-0.2, -0.15) is 0 Å². The normalized spacial score (nSPS) is 17.3. The van der Waals surface area contributed by atoms with Gasteiger partial charge in [0, 0.05) is 30.3 Å². The van der Waals surface area contributed by atoms with E-state index in [9.17, 15) is 4.79 Å². The number of ether oxygens (including phenoxy) is 2. The third-order valence-electron chi connectivity index (χ3n) is 5.07. The number of carbonyl (C=O) groups excluding carboxylic acids is 1. The highest BCUT2D eigenvalue weighted by molar-refractivity contribution is 6.10.